The van der Waals surface area contributed by atoms with Gasteiger partial charge in [-0.15, -0.1) is 11.8 Å². The van der Waals surface area contributed by atoms with Gasteiger partial charge in [0.1, 0.15) is 5.75 Å². The molecule has 0 spiro atoms. The SMILES string of the molecule is COc1ccc(C(C)=O)cc1CSCc1nc(-c2cccc(C(F)(F)F)c2)no1. The van der Waals surface area contributed by atoms with Crippen LogP contribution in [0.5, 0.6) is 5.75 Å². The van der Waals surface area contributed by atoms with E-state index < -0.39 is 11.7 Å². The maximum Gasteiger partial charge on any atom is 0.416 e. The molecule has 0 radical (unpaired) electrons. The summed E-state index contributed by atoms with van der Waals surface area (Å²) < 4.78 is 49.0. The number of nitrogens with zero attached hydrogens (tertiary/aromatic N) is 2. The number of ketones is 1. The van der Waals surface area contributed by atoms with Gasteiger partial charge < -0.3 is 9.26 Å². The number of halogens is 3. The molecule has 0 saturated heterocycles. The summed E-state index contributed by atoms with van der Waals surface area (Å²) in [5.41, 5.74) is 0.901. The molecule has 0 N–H and O–H groups in total. The first kappa shape index (κ1) is 20.9. The smallest absolute Gasteiger partial charge is 0.416 e. The van der Waals surface area contributed by atoms with E-state index in [1.54, 1.807) is 25.3 Å². The van der Waals surface area contributed by atoms with E-state index in [0.717, 1.165) is 17.7 Å². The lowest BCUT2D eigenvalue weighted by atomic mass is 10.1. The molecule has 5 nitrogen and oxygen atoms in total. The van der Waals surface area contributed by atoms with Crippen LogP contribution >= 0.6 is 11.8 Å². The molecule has 0 aliphatic carbocycles. The summed E-state index contributed by atoms with van der Waals surface area (Å²) in [5.74, 6) is 1.91. The molecule has 1 heterocycles. The van der Waals surface area contributed by atoms with Crippen LogP contribution in [-0.4, -0.2) is 23.0 Å². The third kappa shape index (κ3) is 5.17. The Balaban J connectivity index is 1.68. The molecule has 0 bridgehead atoms. The van der Waals surface area contributed by atoms with Crippen molar-refractivity contribution < 1.29 is 27.2 Å². The predicted octanol–water partition coefficient (Wildman–Crippen LogP) is 5.40. The van der Waals surface area contributed by atoms with E-state index in [-0.39, 0.29) is 17.2 Å². The zero-order valence-electron chi connectivity index (χ0n) is 15.6. The maximum atomic E-state index is 12.9. The number of hydrogen-bond donors (Lipinski definition) is 0. The number of benzene rings is 2. The first-order valence-electron chi connectivity index (χ1n) is 8.53. The highest BCUT2D eigenvalue weighted by molar-refractivity contribution is 7.97. The number of carbonyl (C=O) groups is 1. The molecule has 0 amide bonds. The van der Waals surface area contributed by atoms with Crippen LogP contribution in [0.3, 0.4) is 0 Å². The summed E-state index contributed by atoms with van der Waals surface area (Å²) in [6.07, 6.45) is -4.44. The second-order valence-electron chi connectivity index (χ2n) is 6.17. The molecule has 1 aromatic heterocycles. The van der Waals surface area contributed by atoms with Crippen LogP contribution in [-0.2, 0) is 17.7 Å². The normalized spacial score (nSPS) is 11.5. The molecule has 0 atom stereocenters. The number of aromatic nitrogens is 2. The number of carbonyl (C=O) groups excluding carboxylic acids is 1. The van der Waals surface area contributed by atoms with Crippen molar-refractivity contribution in [2.45, 2.75) is 24.6 Å². The Labute approximate surface area is 169 Å². The summed E-state index contributed by atoms with van der Waals surface area (Å²) in [6, 6.07) is 9.99. The van der Waals surface area contributed by atoms with Gasteiger partial charge in [0.25, 0.3) is 0 Å². The highest BCUT2D eigenvalue weighted by Crippen LogP contribution is 2.32. The molecule has 3 rings (SSSR count). The molecule has 9 heteroatoms. The Kier molecular flexibility index (Phi) is 6.26. The third-order valence-corrected chi connectivity index (χ3v) is 5.05. The van der Waals surface area contributed by atoms with E-state index >= 15 is 0 Å². The molecule has 29 heavy (non-hydrogen) atoms. The van der Waals surface area contributed by atoms with Crippen molar-refractivity contribution in [1.82, 2.24) is 10.1 Å². The quantitative estimate of drug-likeness (QED) is 0.475. The van der Waals surface area contributed by atoms with Gasteiger partial charge in [0, 0.05) is 22.4 Å². The number of ether oxygens (including phenoxy) is 1. The summed E-state index contributed by atoms with van der Waals surface area (Å²) >= 11 is 1.46. The van der Waals surface area contributed by atoms with Gasteiger partial charge in [0.15, 0.2) is 5.78 Å². The summed E-state index contributed by atoms with van der Waals surface area (Å²) in [5, 5.41) is 3.77. The van der Waals surface area contributed by atoms with Crippen LogP contribution in [0, 0.1) is 0 Å². The highest BCUT2D eigenvalue weighted by atomic mass is 32.2. The molecular weight excluding hydrogens is 405 g/mol. The van der Waals surface area contributed by atoms with Crippen LogP contribution in [0.4, 0.5) is 13.2 Å². The van der Waals surface area contributed by atoms with Gasteiger partial charge >= 0.3 is 6.18 Å². The Hall–Kier alpha value is -2.81. The Bertz CT molecular complexity index is 1020. The van der Waals surface area contributed by atoms with E-state index in [0.29, 0.717) is 28.7 Å². The number of Topliss-reactive ketones (excluding diaryl/α,β-unsaturated/α-hetero) is 1. The molecule has 152 valence electrons. The van der Waals surface area contributed by atoms with Gasteiger partial charge in [0.05, 0.1) is 18.4 Å². The molecule has 0 saturated carbocycles. The van der Waals surface area contributed by atoms with Crippen LogP contribution in [0.2, 0.25) is 0 Å². The van der Waals surface area contributed by atoms with E-state index in [1.807, 2.05) is 0 Å². The fourth-order valence-corrected chi connectivity index (χ4v) is 3.46. The van der Waals surface area contributed by atoms with Crippen molar-refractivity contribution in [2.75, 3.05) is 7.11 Å². The summed E-state index contributed by atoms with van der Waals surface area (Å²) in [4.78, 5) is 15.7. The minimum absolute atomic E-state index is 0.0402. The second-order valence-corrected chi connectivity index (χ2v) is 7.15. The van der Waals surface area contributed by atoms with E-state index in [1.165, 1.54) is 30.8 Å². The third-order valence-electron chi connectivity index (χ3n) is 4.09. The Morgan fingerprint density at radius 2 is 1.97 bits per heavy atom. The average molecular weight is 422 g/mol. The summed E-state index contributed by atoms with van der Waals surface area (Å²) in [6.45, 7) is 1.49. The molecule has 2 aromatic carbocycles. The van der Waals surface area contributed by atoms with Crippen LogP contribution < -0.4 is 4.74 Å². The van der Waals surface area contributed by atoms with Gasteiger partial charge in [-0.05, 0) is 37.3 Å². The first-order valence-corrected chi connectivity index (χ1v) is 9.69. The highest BCUT2D eigenvalue weighted by Gasteiger charge is 2.30. The minimum Gasteiger partial charge on any atom is -0.496 e. The Morgan fingerprint density at radius 3 is 2.66 bits per heavy atom. The lowest BCUT2D eigenvalue weighted by molar-refractivity contribution is -0.137. The fourth-order valence-electron chi connectivity index (χ4n) is 2.62. The van der Waals surface area contributed by atoms with Gasteiger partial charge in [-0.2, -0.15) is 18.2 Å². The van der Waals surface area contributed by atoms with Gasteiger partial charge in [-0.3, -0.25) is 4.79 Å². The van der Waals surface area contributed by atoms with E-state index in [9.17, 15) is 18.0 Å². The minimum atomic E-state index is -4.44. The zero-order chi connectivity index (χ0) is 21.0. The van der Waals surface area contributed by atoms with E-state index in [4.69, 9.17) is 9.26 Å². The number of rotatable bonds is 7. The van der Waals surface area contributed by atoms with Crippen LogP contribution in [0.1, 0.15) is 34.3 Å². The number of hydrogen-bond acceptors (Lipinski definition) is 6. The lowest BCUT2D eigenvalue weighted by Crippen LogP contribution is -2.04. The standard InChI is InChI=1S/C20H17F3N2O3S/c1-12(26)13-6-7-17(27-2)15(8-13)10-29-11-18-24-19(25-28-18)14-4-3-5-16(9-14)20(21,22)23/h3-9H,10-11H2,1-2H3. The number of thioether (sulfide) groups is 1. The zero-order valence-corrected chi connectivity index (χ0v) is 16.4. The molecule has 0 unspecified atom stereocenters. The van der Waals surface area contributed by atoms with Crippen LogP contribution in [0.15, 0.2) is 47.0 Å². The first-order chi connectivity index (χ1) is 13.8. The van der Waals surface area contributed by atoms with Crippen molar-refractivity contribution in [2.24, 2.45) is 0 Å². The van der Waals surface area contributed by atoms with Crippen molar-refractivity contribution in [3.05, 3.63) is 65.0 Å². The van der Waals surface area contributed by atoms with Crippen molar-refractivity contribution in [3.8, 4) is 17.1 Å². The predicted molar refractivity (Wildman–Crippen MR) is 103 cm³/mol. The molecule has 3 aromatic rings. The molecule has 0 aliphatic heterocycles. The number of methoxy groups -OCH3 is 1. The average Bonchev–Trinajstić information content (AvgIpc) is 3.16. The van der Waals surface area contributed by atoms with Crippen LogP contribution in [0.25, 0.3) is 11.4 Å². The van der Waals surface area contributed by atoms with Gasteiger partial charge in [0.2, 0.25) is 11.7 Å². The van der Waals surface area contributed by atoms with E-state index in [2.05, 4.69) is 10.1 Å². The monoisotopic (exact) mass is 422 g/mol. The van der Waals surface area contributed by atoms with Crippen molar-refractivity contribution >= 4 is 17.5 Å². The number of alkyl halides is 3. The maximum absolute atomic E-state index is 12.9. The van der Waals surface area contributed by atoms with Gasteiger partial charge in [-0.25, -0.2) is 0 Å². The topological polar surface area (TPSA) is 65.2 Å². The second kappa shape index (κ2) is 8.69. The fraction of sp³-hybridized carbons (Fsp3) is 0.250. The lowest BCUT2D eigenvalue weighted by Gasteiger charge is -2.09. The van der Waals surface area contributed by atoms with Crippen molar-refractivity contribution in [1.29, 1.82) is 0 Å². The molecule has 0 fully saturated rings. The molecule has 0 aliphatic rings. The molecular formula is C20H17F3N2O3S. The summed E-state index contributed by atoms with van der Waals surface area (Å²) in [7, 11) is 1.55. The largest absolute Gasteiger partial charge is 0.496 e. The Morgan fingerprint density at radius 1 is 1.17 bits per heavy atom. The van der Waals surface area contributed by atoms with Gasteiger partial charge in [-0.1, -0.05) is 17.3 Å². The van der Waals surface area contributed by atoms with Crippen molar-refractivity contribution in [3.63, 3.8) is 0 Å².